The molecule has 9 heteroatoms. The fourth-order valence-corrected chi connectivity index (χ4v) is 4.59. The number of para-hydroxylation sites is 1. The van der Waals surface area contributed by atoms with Gasteiger partial charge in [0.2, 0.25) is 0 Å². The average molecular weight is 422 g/mol. The summed E-state index contributed by atoms with van der Waals surface area (Å²) in [7, 11) is 0. The first-order chi connectivity index (χ1) is 15.8. The number of rotatable bonds is 3. The molecule has 0 spiro atoms. The third-order valence-corrected chi connectivity index (χ3v) is 6.00. The van der Waals surface area contributed by atoms with Crippen molar-refractivity contribution in [2.45, 2.75) is 18.9 Å². The van der Waals surface area contributed by atoms with Crippen LogP contribution in [0.25, 0.3) is 22.2 Å². The molecular formula is C23H18N8O. The van der Waals surface area contributed by atoms with Crippen LogP contribution in [0.2, 0.25) is 0 Å². The molecule has 4 aromatic heterocycles. The van der Waals surface area contributed by atoms with Gasteiger partial charge in [0.25, 0.3) is 5.56 Å². The Kier molecular flexibility index (Phi) is 4.04. The Morgan fingerprint density at radius 2 is 2.00 bits per heavy atom. The Hall–Kier alpha value is -4.45. The predicted molar refractivity (Wildman–Crippen MR) is 119 cm³/mol. The summed E-state index contributed by atoms with van der Waals surface area (Å²) in [6.45, 7) is 0.737. The van der Waals surface area contributed by atoms with E-state index >= 15 is 0 Å². The van der Waals surface area contributed by atoms with Crippen LogP contribution < -0.4 is 10.5 Å². The first-order valence-corrected chi connectivity index (χ1v) is 10.4. The highest BCUT2D eigenvalue weighted by Crippen LogP contribution is 2.38. The number of aromatic amines is 1. The van der Waals surface area contributed by atoms with Gasteiger partial charge in [0, 0.05) is 18.9 Å². The lowest BCUT2D eigenvalue weighted by atomic mass is 10.1. The number of anilines is 1. The van der Waals surface area contributed by atoms with Crippen molar-refractivity contribution in [1.82, 2.24) is 29.1 Å². The SMILES string of the molecule is N#Cc1c[nH]c2ncnc(N3CCC[C@@H]3c3nn4cccc4c(=O)n3-c3ccccc3)c12. The summed E-state index contributed by atoms with van der Waals surface area (Å²) in [5.74, 6) is 1.32. The summed E-state index contributed by atoms with van der Waals surface area (Å²) in [4.78, 5) is 27.5. The van der Waals surface area contributed by atoms with Gasteiger partial charge in [-0.25, -0.2) is 14.5 Å². The minimum absolute atomic E-state index is 0.120. The van der Waals surface area contributed by atoms with Gasteiger partial charge in [0.05, 0.1) is 22.7 Å². The van der Waals surface area contributed by atoms with Crippen molar-refractivity contribution in [3.05, 3.63) is 82.9 Å². The lowest BCUT2D eigenvalue weighted by molar-refractivity contribution is 0.602. The number of fused-ring (bicyclic) bond motifs is 2. The molecule has 1 atom stereocenters. The van der Waals surface area contributed by atoms with Crippen LogP contribution in [0.4, 0.5) is 5.82 Å². The maximum absolute atomic E-state index is 13.5. The second-order valence-corrected chi connectivity index (χ2v) is 7.76. The molecular weight excluding hydrogens is 404 g/mol. The zero-order valence-electron chi connectivity index (χ0n) is 17.0. The van der Waals surface area contributed by atoms with Crippen LogP contribution in [0, 0.1) is 11.3 Å². The molecule has 0 radical (unpaired) electrons. The molecule has 5 heterocycles. The highest BCUT2D eigenvalue weighted by molar-refractivity contribution is 5.93. The van der Waals surface area contributed by atoms with E-state index in [2.05, 4.69) is 25.9 Å². The van der Waals surface area contributed by atoms with Gasteiger partial charge in [-0.3, -0.25) is 9.36 Å². The van der Waals surface area contributed by atoms with E-state index in [0.717, 1.165) is 25.1 Å². The van der Waals surface area contributed by atoms with E-state index in [1.807, 2.05) is 36.4 Å². The molecule has 6 rings (SSSR count). The Balaban J connectivity index is 1.59. The van der Waals surface area contributed by atoms with Crippen molar-refractivity contribution in [2.24, 2.45) is 0 Å². The van der Waals surface area contributed by atoms with Crippen LogP contribution in [-0.2, 0) is 0 Å². The first-order valence-electron chi connectivity index (χ1n) is 10.4. The average Bonchev–Trinajstić information content (AvgIpc) is 3.58. The molecule has 32 heavy (non-hydrogen) atoms. The number of hydrogen-bond donors (Lipinski definition) is 1. The predicted octanol–water partition coefficient (Wildman–Crippen LogP) is 2.97. The molecule has 0 unspecified atom stereocenters. The largest absolute Gasteiger partial charge is 0.346 e. The summed E-state index contributed by atoms with van der Waals surface area (Å²) >= 11 is 0. The van der Waals surface area contributed by atoms with Gasteiger partial charge >= 0.3 is 0 Å². The van der Waals surface area contributed by atoms with E-state index in [9.17, 15) is 10.1 Å². The van der Waals surface area contributed by atoms with Crippen LogP contribution in [0.15, 0.2) is 66.0 Å². The Morgan fingerprint density at radius 3 is 2.84 bits per heavy atom. The number of H-pyrrole nitrogens is 1. The molecule has 0 bridgehead atoms. The molecule has 1 aliphatic rings. The van der Waals surface area contributed by atoms with Crippen molar-refractivity contribution in [3.8, 4) is 11.8 Å². The minimum atomic E-state index is -0.186. The molecule has 5 aromatic rings. The molecule has 1 aromatic carbocycles. The summed E-state index contributed by atoms with van der Waals surface area (Å²) in [5.41, 5.74) is 2.28. The lowest BCUT2D eigenvalue weighted by Crippen LogP contribution is -2.33. The van der Waals surface area contributed by atoms with E-state index in [4.69, 9.17) is 5.10 Å². The molecule has 1 N–H and O–H groups in total. The third kappa shape index (κ3) is 2.63. The van der Waals surface area contributed by atoms with E-state index in [1.54, 1.807) is 27.5 Å². The number of hydrogen-bond acceptors (Lipinski definition) is 6. The molecule has 1 aliphatic heterocycles. The molecule has 1 saturated heterocycles. The van der Waals surface area contributed by atoms with Gasteiger partial charge in [0.15, 0.2) is 5.82 Å². The smallest absolute Gasteiger partial charge is 0.282 e. The summed E-state index contributed by atoms with van der Waals surface area (Å²) in [5, 5.41) is 15.1. The monoisotopic (exact) mass is 422 g/mol. The zero-order chi connectivity index (χ0) is 21.7. The molecule has 0 amide bonds. The fraction of sp³-hybridized carbons (Fsp3) is 0.174. The van der Waals surface area contributed by atoms with Gasteiger partial charge < -0.3 is 9.88 Å². The molecule has 0 saturated carbocycles. The molecule has 9 nitrogen and oxygen atoms in total. The lowest BCUT2D eigenvalue weighted by Gasteiger charge is -2.27. The van der Waals surface area contributed by atoms with E-state index < -0.39 is 0 Å². The number of benzene rings is 1. The first kappa shape index (κ1) is 18.3. The topological polar surface area (TPSA) is 108 Å². The van der Waals surface area contributed by atoms with Crippen LogP contribution in [-0.4, -0.2) is 35.7 Å². The van der Waals surface area contributed by atoms with Crippen LogP contribution in [0.1, 0.15) is 30.3 Å². The highest BCUT2D eigenvalue weighted by atomic mass is 16.1. The van der Waals surface area contributed by atoms with Crippen molar-refractivity contribution in [3.63, 3.8) is 0 Å². The second-order valence-electron chi connectivity index (χ2n) is 7.76. The quantitative estimate of drug-likeness (QED) is 0.479. The Labute approximate surface area is 182 Å². The second kappa shape index (κ2) is 7.06. The minimum Gasteiger partial charge on any atom is -0.346 e. The molecule has 156 valence electrons. The normalized spacial score (nSPS) is 16.1. The highest BCUT2D eigenvalue weighted by Gasteiger charge is 2.33. The zero-order valence-corrected chi connectivity index (χ0v) is 17.0. The summed E-state index contributed by atoms with van der Waals surface area (Å²) < 4.78 is 3.33. The van der Waals surface area contributed by atoms with Crippen molar-refractivity contribution in [2.75, 3.05) is 11.4 Å². The van der Waals surface area contributed by atoms with Gasteiger partial charge in [-0.1, -0.05) is 18.2 Å². The van der Waals surface area contributed by atoms with E-state index in [0.29, 0.717) is 33.8 Å². The van der Waals surface area contributed by atoms with E-state index in [-0.39, 0.29) is 11.6 Å². The summed E-state index contributed by atoms with van der Waals surface area (Å²) in [6.07, 6.45) is 6.66. The van der Waals surface area contributed by atoms with Gasteiger partial charge in [-0.15, -0.1) is 0 Å². The van der Waals surface area contributed by atoms with Crippen molar-refractivity contribution >= 4 is 22.4 Å². The fourth-order valence-electron chi connectivity index (χ4n) is 4.59. The standard InChI is InChI=1S/C23H18N8O/c24-12-15-13-25-20-19(15)22(27-14-26-20)29-10-4-8-17(29)21-28-30-11-5-9-18(30)23(32)31(21)16-6-2-1-3-7-16/h1-3,5-7,9,11,13-14,17H,4,8,10H2,(H,25,26,27)/t17-/m1/s1. The van der Waals surface area contributed by atoms with Crippen molar-refractivity contribution in [1.29, 1.82) is 5.26 Å². The Morgan fingerprint density at radius 1 is 1.12 bits per heavy atom. The number of nitriles is 1. The van der Waals surface area contributed by atoms with Crippen LogP contribution >= 0.6 is 0 Å². The molecule has 0 aliphatic carbocycles. The molecule has 1 fully saturated rings. The maximum Gasteiger partial charge on any atom is 0.282 e. The van der Waals surface area contributed by atoms with Crippen molar-refractivity contribution < 1.29 is 0 Å². The third-order valence-electron chi connectivity index (χ3n) is 6.00. The van der Waals surface area contributed by atoms with Crippen LogP contribution in [0.3, 0.4) is 0 Å². The van der Waals surface area contributed by atoms with Gasteiger partial charge in [-0.2, -0.15) is 10.4 Å². The van der Waals surface area contributed by atoms with Crippen LogP contribution in [0.5, 0.6) is 0 Å². The number of aromatic nitrogens is 6. The number of nitrogens with zero attached hydrogens (tertiary/aromatic N) is 7. The number of nitrogens with one attached hydrogen (secondary N) is 1. The van der Waals surface area contributed by atoms with E-state index in [1.165, 1.54) is 6.33 Å². The van der Waals surface area contributed by atoms with Gasteiger partial charge in [0.1, 0.15) is 29.4 Å². The van der Waals surface area contributed by atoms with Gasteiger partial charge in [-0.05, 0) is 37.1 Å². The maximum atomic E-state index is 13.5. The Bertz CT molecular complexity index is 1560. The summed E-state index contributed by atoms with van der Waals surface area (Å²) in [6, 6.07) is 15.2.